The van der Waals surface area contributed by atoms with E-state index in [4.69, 9.17) is 9.47 Å². The van der Waals surface area contributed by atoms with Crippen molar-refractivity contribution < 1.29 is 28.7 Å². The van der Waals surface area contributed by atoms with Crippen molar-refractivity contribution in [1.82, 2.24) is 0 Å². The van der Waals surface area contributed by atoms with Crippen LogP contribution in [0.4, 0.5) is 0 Å². The van der Waals surface area contributed by atoms with Gasteiger partial charge in [-0.25, -0.2) is 0 Å². The molecule has 6 atom stereocenters. The molecular weight excluding hydrogens is 322 g/mol. The molecule has 0 amide bonds. The Balaban J connectivity index is 1.46. The number of benzene rings is 1. The molecule has 0 aliphatic carbocycles. The molecule has 3 saturated heterocycles. The van der Waals surface area contributed by atoms with Gasteiger partial charge in [0.25, 0.3) is 0 Å². The van der Waals surface area contributed by atoms with Crippen molar-refractivity contribution in [3.63, 3.8) is 0 Å². The summed E-state index contributed by atoms with van der Waals surface area (Å²) in [5, 5.41) is 11.1. The number of ether oxygens (including phenoxy) is 2. The van der Waals surface area contributed by atoms with E-state index in [0.29, 0.717) is 17.6 Å². The number of hydrogen-bond acceptors (Lipinski definition) is 5. The van der Waals surface area contributed by atoms with Gasteiger partial charge in [0, 0.05) is 25.2 Å². The van der Waals surface area contributed by atoms with Crippen molar-refractivity contribution in [1.29, 1.82) is 0 Å². The number of morpholine rings is 1. The molecule has 6 nitrogen and oxygen atoms in total. The molecule has 4 rings (SSSR count). The third kappa shape index (κ3) is 2.83. The van der Waals surface area contributed by atoms with E-state index < -0.39 is 17.9 Å². The average Bonchev–Trinajstić information content (AvgIpc) is 3.31. The number of carboxylic acids is 1. The molecule has 0 saturated carbocycles. The van der Waals surface area contributed by atoms with E-state index in [1.54, 1.807) is 24.3 Å². The van der Waals surface area contributed by atoms with Gasteiger partial charge in [-0.1, -0.05) is 30.3 Å². The lowest BCUT2D eigenvalue weighted by Crippen LogP contribution is -2.60. The number of fused-ring (bicyclic) bond motifs is 5. The third-order valence-electron chi connectivity index (χ3n) is 6.18. The maximum Gasteiger partial charge on any atom is 0.314 e. The monoisotopic (exact) mass is 345 g/mol. The van der Waals surface area contributed by atoms with Crippen LogP contribution in [-0.2, 0) is 19.1 Å². The molecule has 0 N–H and O–H groups in total. The lowest BCUT2D eigenvalue weighted by atomic mass is 9.94. The summed E-state index contributed by atoms with van der Waals surface area (Å²) in [6, 6.07) is 9.60. The summed E-state index contributed by atoms with van der Waals surface area (Å²) < 4.78 is 12.4. The SMILES string of the molecule is C[N+]1(C)[C@@H]2CC(OC(=O)C(CC(=O)[O-])c3ccccc3)C[C@H]1[C@@H]1O[C@@H]12. The average molecular weight is 345 g/mol. The predicted octanol–water partition coefficient (Wildman–Crippen LogP) is 0.210. The van der Waals surface area contributed by atoms with Gasteiger partial charge < -0.3 is 23.9 Å². The molecule has 3 aliphatic rings. The molecule has 2 unspecified atom stereocenters. The van der Waals surface area contributed by atoms with Crippen LogP contribution in [0.1, 0.15) is 30.7 Å². The Bertz CT molecular complexity index is 668. The van der Waals surface area contributed by atoms with E-state index in [1.807, 2.05) is 6.07 Å². The second-order valence-corrected chi connectivity index (χ2v) is 7.90. The zero-order chi connectivity index (χ0) is 17.8. The minimum atomic E-state index is -1.25. The molecule has 0 radical (unpaired) electrons. The zero-order valence-electron chi connectivity index (χ0n) is 14.5. The van der Waals surface area contributed by atoms with E-state index in [2.05, 4.69) is 14.1 Å². The van der Waals surface area contributed by atoms with Gasteiger partial charge in [0.15, 0.2) is 0 Å². The van der Waals surface area contributed by atoms with Gasteiger partial charge in [-0.05, 0) is 5.56 Å². The number of hydrogen-bond donors (Lipinski definition) is 0. The molecule has 3 fully saturated rings. The number of piperidine rings is 1. The van der Waals surface area contributed by atoms with E-state index in [-0.39, 0.29) is 24.7 Å². The van der Waals surface area contributed by atoms with Crippen LogP contribution in [0.3, 0.4) is 0 Å². The van der Waals surface area contributed by atoms with Crippen LogP contribution < -0.4 is 5.11 Å². The quantitative estimate of drug-likeness (QED) is 0.433. The van der Waals surface area contributed by atoms with Crippen LogP contribution in [0.5, 0.6) is 0 Å². The minimum Gasteiger partial charge on any atom is -0.550 e. The molecule has 0 spiro atoms. The Hall–Kier alpha value is -1.92. The summed E-state index contributed by atoms with van der Waals surface area (Å²) in [6.07, 6.45) is 1.58. The van der Waals surface area contributed by atoms with Gasteiger partial charge in [-0.15, -0.1) is 0 Å². The lowest BCUT2D eigenvalue weighted by Gasteiger charge is -2.45. The van der Waals surface area contributed by atoms with Crippen LogP contribution in [-0.4, -0.2) is 60.9 Å². The number of carbonyl (C=O) groups is 2. The Morgan fingerprint density at radius 3 is 2.36 bits per heavy atom. The van der Waals surface area contributed by atoms with Gasteiger partial charge in [0.05, 0.1) is 20.0 Å². The summed E-state index contributed by atoms with van der Waals surface area (Å²) in [4.78, 5) is 23.8. The molecule has 1 aromatic carbocycles. The summed E-state index contributed by atoms with van der Waals surface area (Å²) in [6.45, 7) is 0. The zero-order valence-corrected chi connectivity index (χ0v) is 14.5. The Kier molecular flexibility index (Phi) is 3.85. The van der Waals surface area contributed by atoms with Gasteiger partial charge in [-0.2, -0.15) is 0 Å². The van der Waals surface area contributed by atoms with Gasteiger partial charge in [-0.3, -0.25) is 4.79 Å². The van der Waals surface area contributed by atoms with E-state index in [1.165, 1.54) is 0 Å². The highest BCUT2D eigenvalue weighted by atomic mass is 16.6. The number of epoxide rings is 1. The second-order valence-electron chi connectivity index (χ2n) is 7.90. The predicted molar refractivity (Wildman–Crippen MR) is 86.3 cm³/mol. The third-order valence-corrected chi connectivity index (χ3v) is 6.18. The summed E-state index contributed by atoms with van der Waals surface area (Å²) in [5.41, 5.74) is 0.651. The first kappa shape index (κ1) is 16.5. The molecule has 2 bridgehead atoms. The van der Waals surface area contributed by atoms with E-state index in [0.717, 1.165) is 17.3 Å². The minimum absolute atomic E-state index is 0.169. The Morgan fingerprint density at radius 1 is 1.20 bits per heavy atom. The number of quaternary nitrogens is 1. The highest BCUT2D eigenvalue weighted by Crippen LogP contribution is 2.51. The van der Waals surface area contributed by atoms with Crippen molar-refractivity contribution in [2.45, 2.75) is 55.6 Å². The number of carbonyl (C=O) groups excluding carboxylic acids is 2. The number of nitrogens with zero attached hydrogens (tertiary/aromatic N) is 1. The van der Waals surface area contributed by atoms with Crippen molar-refractivity contribution in [2.75, 3.05) is 14.1 Å². The summed E-state index contributed by atoms with van der Waals surface area (Å²) in [5.74, 6) is -2.54. The molecule has 1 aromatic rings. The summed E-state index contributed by atoms with van der Waals surface area (Å²) >= 11 is 0. The number of rotatable bonds is 5. The summed E-state index contributed by atoms with van der Waals surface area (Å²) in [7, 11) is 4.43. The molecule has 25 heavy (non-hydrogen) atoms. The number of likely N-dealkylation sites (N-methyl/N-ethyl adjacent to an activating group) is 1. The largest absolute Gasteiger partial charge is 0.550 e. The standard InChI is InChI=1S/C19H23NO5/c1-20(2)14-8-12(9-15(20)18-17(14)25-18)24-19(23)13(10-16(21)22)11-6-4-3-5-7-11/h3-7,12-15,17-18H,8-10H2,1-2H3/t12?,13?,14-,15+,17-,18+. The Labute approximate surface area is 146 Å². The van der Waals surface area contributed by atoms with Crippen molar-refractivity contribution >= 4 is 11.9 Å². The molecule has 134 valence electrons. The van der Waals surface area contributed by atoms with Crippen molar-refractivity contribution in [3.8, 4) is 0 Å². The smallest absolute Gasteiger partial charge is 0.314 e. The molecular formula is C19H23NO5. The second kappa shape index (κ2) is 5.81. The number of aliphatic carboxylic acids is 1. The van der Waals surface area contributed by atoms with Crippen LogP contribution in [0.15, 0.2) is 30.3 Å². The van der Waals surface area contributed by atoms with Gasteiger partial charge in [0.2, 0.25) is 0 Å². The van der Waals surface area contributed by atoms with Crippen LogP contribution in [0.2, 0.25) is 0 Å². The van der Waals surface area contributed by atoms with Crippen molar-refractivity contribution in [3.05, 3.63) is 35.9 Å². The van der Waals surface area contributed by atoms with Gasteiger partial charge >= 0.3 is 5.97 Å². The first-order chi connectivity index (χ1) is 11.9. The fraction of sp³-hybridized carbons (Fsp3) is 0.579. The lowest BCUT2D eigenvalue weighted by molar-refractivity contribution is -0.938. The number of carboxylic acid groups (broad SMARTS) is 1. The van der Waals surface area contributed by atoms with E-state index >= 15 is 0 Å². The van der Waals surface area contributed by atoms with Crippen LogP contribution >= 0.6 is 0 Å². The fourth-order valence-corrected chi connectivity index (χ4v) is 4.74. The number of esters is 1. The highest BCUT2D eigenvalue weighted by Gasteiger charge is 2.70. The fourth-order valence-electron chi connectivity index (χ4n) is 4.74. The van der Waals surface area contributed by atoms with Crippen LogP contribution in [0, 0.1) is 0 Å². The maximum atomic E-state index is 12.7. The molecule has 0 aromatic heterocycles. The van der Waals surface area contributed by atoms with Gasteiger partial charge in [0.1, 0.15) is 30.4 Å². The molecule has 3 aliphatic heterocycles. The first-order valence-corrected chi connectivity index (χ1v) is 8.82. The maximum absolute atomic E-state index is 12.7. The Morgan fingerprint density at radius 2 is 1.80 bits per heavy atom. The molecule has 3 heterocycles. The van der Waals surface area contributed by atoms with Crippen molar-refractivity contribution in [2.24, 2.45) is 0 Å². The topological polar surface area (TPSA) is 79.0 Å². The van der Waals surface area contributed by atoms with E-state index in [9.17, 15) is 14.7 Å². The van der Waals surface area contributed by atoms with Crippen LogP contribution in [0.25, 0.3) is 0 Å². The molecule has 6 heteroatoms. The first-order valence-electron chi connectivity index (χ1n) is 8.82. The highest BCUT2D eigenvalue weighted by molar-refractivity contribution is 5.83. The normalized spacial score (nSPS) is 35.5.